The highest BCUT2D eigenvalue weighted by Gasteiger charge is 2.16. The molecule has 0 saturated heterocycles. The van der Waals surface area contributed by atoms with Gasteiger partial charge in [0.25, 0.3) is 5.91 Å². The number of nitrogens with zero attached hydrogens (tertiary/aromatic N) is 2. The van der Waals surface area contributed by atoms with Gasteiger partial charge in [0, 0.05) is 19.5 Å². The second-order valence-corrected chi connectivity index (χ2v) is 5.67. The molecule has 1 atom stereocenters. The van der Waals surface area contributed by atoms with Gasteiger partial charge in [0.2, 0.25) is 5.89 Å². The molecule has 0 unspecified atom stereocenters. The number of amides is 3. The molecule has 1 aromatic heterocycles. The summed E-state index contributed by atoms with van der Waals surface area (Å²) in [6.45, 7) is 4.19. The molecule has 25 heavy (non-hydrogen) atoms. The maximum absolute atomic E-state index is 12.0. The molecule has 2 aromatic rings. The summed E-state index contributed by atoms with van der Waals surface area (Å²) >= 11 is 5.95. The Bertz CT molecular complexity index is 734. The number of rotatable bonds is 7. The highest BCUT2D eigenvalue weighted by Crippen LogP contribution is 2.14. The third-order valence-electron chi connectivity index (χ3n) is 3.33. The zero-order valence-electron chi connectivity index (χ0n) is 14.0. The van der Waals surface area contributed by atoms with E-state index >= 15 is 0 Å². The lowest BCUT2D eigenvalue weighted by molar-refractivity contribution is 0.0954. The van der Waals surface area contributed by atoms with Gasteiger partial charge < -0.3 is 20.5 Å². The van der Waals surface area contributed by atoms with Crippen LogP contribution in [0, 0.1) is 0 Å². The molecule has 0 radical (unpaired) electrons. The average molecular weight is 366 g/mol. The van der Waals surface area contributed by atoms with Crippen molar-refractivity contribution in [3.05, 3.63) is 46.6 Å². The summed E-state index contributed by atoms with van der Waals surface area (Å²) < 4.78 is 5.06. The Morgan fingerprint density at radius 2 is 1.96 bits per heavy atom. The van der Waals surface area contributed by atoms with E-state index in [1.165, 1.54) is 0 Å². The minimum Gasteiger partial charge on any atom is -0.350 e. The second kappa shape index (κ2) is 9.03. The van der Waals surface area contributed by atoms with Crippen LogP contribution in [0.15, 0.2) is 28.8 Å². The zero-order chi connectivity index (χ0) is 18.2. The molecule has 2 rings (SSSR count). The molecule has 9 heteroatoms. The van der Waals surface area contributed by atoms with Crippen molar-refractivity contribution in [2.75, 3.05) is 13.1 Å². The van der Waals surface area contributed by atoms with Crippen molar-refractivity contribution in [3.63, 3.8) is 0 Å². The molecule has 0 aliphatic carbocycles. The maximum Gasteiger partial charge on any atom is 0.315 e. The fraction of sp³-hybridized carbons (Fsp3) is 0.375. The van der Waals surface area contributed by atoms with Crippen LogP contribution in [0.2, 0.25) is 5.02 Å². The number of benzene rings is 1. The van der Waals surface area contributed by atoms with Crippen LogP contribution in [0.4, 0.5) is 4.79 Å². The monoisotopic (exact) mass is 365 g/mol. The highest BCUT2D eigenvalue weighted by molar-refractivity contribution is 6.33. The quantitative estimate of drug-likeness (QED) is 0.651. The van der Waals surface area contributed by atoms with E-state index in [-0.39, 0.29) is 19.0 Å². The van der Waals surface area contributed by atoms with Crippen LogP contribution in [0.25, 0.3) is 0 Å². The van der Waals surface area contributed by atoms with Crippen LogP contribution in [-0.4, -0.2) is 35.2 Å². The van der Waals surface area contributed by atoms with Gasteiger partial charge >= 0.3 is 6.03 Å². The molecule has 1 aromatic carbocycles. The Morgan fingerprint density at radius 1 is 1.24 bits per heavy atom. The lowest BCUT2D eigenvalue weighted by Gasteiger charge is -2.11. The summed E-state index contributed by atoms with van der Waals surface area (Å²) in [6.07, 6.45) is 0.660. The van der Waals surface area contributed by atoms with Gasteiger partial charge in [-0.25, -0.2) is 4.79 Å². The van der Waals surface area contributed by atoms with E-state index in [2.05, 4.69) is 26.1 Å². The first-order valence-electron chi connectivity index (χ1n) is 7.90. The van der Waals surface area contributed by atoms with Gasteiger partial charge in [0.05, 0.1) is 10.6 Å². The van der Waals surface area contributed by atoms with E-state index in [4.69, 9.17) is 16.1 Å². The van der Waals surface area contributed by atoms with Crippen LogP contribution in [-0.2, 0) is 6.42 Å². The van der Waals surface area contributed by atoms with Gasteiger partial charge in [-0.15, -0.1) is 0 Å². The predicted octanol–water partition coefficient (Wildman–Crippen LogP) is 2.08. The largest absolute Gasteiger partial charge is 0.350 e. The predicted molar refractivity (Wildman–Crippen MR) is 92.4 cm³/mol. The standard InChI is InChI=1S/C16H20ClN5O3/c1-3-13-21-15(25-22-13)10(2)20-16(24)19-9-8-18-14(23)11-6-4-5-7-12(11)17/h4-7,10H,3,8-9H2,1-2H3,(H,18,23)(H2,19,20,24)/t10-/m0/s1. The zero-order valence-corrected chi connectivity index (χ0v) is 14.8. The Labute approximate surface area is 150 Å². The first-order chi connectivity index (χ1) is 12.0. The normalized spacial score (nSPS) is 11.6. The smallest absolute Gasteiger partial charge is 0.315 e. The van der Waals surface area contributed by atoms with Crippen LogP contribution in [0.1, 0.15) is 42.0 Å². The molecule has 0 saturated carbocycles. The molecule has 0 bridgehead atoms. The molecule has 134 valence electrons. The number of hydrogen-bond acceptors (Lipinski definition) is 5. The van der Waals surface area contributed by atoms with Gasteiger partial charge in [-0.3, -0.25) is 4.79 Å². The van der Waals surface area contributed by atoms with Gasteiger partial charge in [-0.2, -0.15) is 4.98 Å². The van der Waals surface area contributed by atoms with Gasteiger partial charge in [0.1, 0.15) is 6.04 Å². The summed E-state index contributed by atoms with van der Waals surface area (Å²) in [7, 11) is 0. The van der Waals surface area contributed by atoms with Crippen molar-refractivity contribution >= 4 is 23.5 Å². The summed E-state index contributed by atoms with van der Waals surface area (Å²) in [6, 6.07) is 5.95. The van der Waals surface area contributed by atoms with E-state index in [0.29, 0.717) is 28.7 Å². The number of aromatic nitrogens is 2. The minimum absolute atomic E-state index is 0.263. The number of urea groups is 1. The molecule has 3 amide bonds. The summed E-state index contributed by atoms with van der Waals surface area (Å²) in [5.41, 5.74) is 0.394. The lowest BCUT2D eigenvalue weighted by atomic mass is 10.2. The third kappa shape index (κ3) is 5.46. The van der Waals surface area contributed by atoms with Gasteiger partial charge in [-0.05, 0) is 19.1 Å². The summed E-state index contributed by atoms with van der Waals surface area (Å²) in [5.74, 6) is 0.643. The number of aryl methyl sites for hydroxylation is 1. The van der Waals surface area contributed by atoms with E-state index < -0.39 is 12.1 Å². The Kier molecular flexibility index (Phi) is 6.76. The Hall–Kier alpha value is -2.61. The Morgan fingerprint density at radius 3 is 2.64 bits per heavy atom. The van der Waals surface area contributed by atoms with Crippen LogP contribution < -0.4 is 16.0 Å². The molecule has 0 aliphatic heterocycles. The number of halogens is 1. The van der Waals surface area contributed by atoms with Crippen molar-refractivity contribution < 1.29 is 14.1 Å². The minimum atomic E-state index is -0.412. The first-order valence-corrected chi connectivity index (χ1v) is 8.28. The second-order valence-electron chi connectivity index (χ2n) is 5.26. The molecule has 8 nitrogen and oxygen atoms in total. The summed E-state index contributed by atoms with van der Waals surface area (Å²) in [5, 5.41) is 12.2. The number of carbonyl (C=O) groups is 2. The van der Waals surface area contributed by atoms with E-state index in [0.717, 1.165) is 0 Å². The molecular formula is C16H20ClN5O3. The molecule has 0 fully saturated rings. The SMILES string of the molecule is CCc1noc([C@H](C)NC(=O)NCCNC(=O)c2ccccc2Cl)n1. The molecule has 0 aliphatic rings. The Balaban J connectivity index is 1.70. The number of carbonyl (C=O) groups excluding carboxylic acids is 2. The third-order valence-corrected chi connectivity index (χ3v) is 3.66. The van der Waals surface area contributed by atoms with Crippen LogP contribution in [0.5, 0.6) is 0 Å². The molecule has 1 heterocycles. The van der Waals surface area contributed by atoms with Crippen LogP contribution >= 0.6 is 11.6 Å². The average Bonchev–Trinajstić information content (AvgIpc) is 3.08. The van der Waals surface area contributed by atoms with Crippen molar-refractivity contribution in [2.45, 2.75) is 26.3 Å². The lowest BCUT2D eigenvalue weighted by Crippen LogP contribution is -2.41. The number of hydrogen-bond donors (Lipinski definition) is 3. The van der Waals surface area contributed by atoms with Crippen molar-refractivity contribution in [1.29, 1.82) is 0 Å². The van der Waals surface area contributed by atoms with Crippen LogP contribution in [0.3, 0.4) is 0 Å². The first kappa shape index (κ1) is 18.7. The summed E-state index contributed by atoms with van der Waals surface area (Å²) in [4.78, 5) is 27.9. The topological polar surface area (TPSA) is 109 Å². The van der Waals surface area contributed by atoms with Gasteiger partial charge in [-0.1, -0.05) is 35.8 Å². The fourth-order valence-corrected chi connectivity index (χ4v) is 2.21. The molecule has 0 spiro atoms. The number of nitrogens with one attached hydrogen (secondary N) is 3. The van der Waals surface area contributed by atoms with E-state index in [9.17, 15) is 9.59 Å². The van der Waals surface area contributed by atoms with Crippen molar-refractivity contribution in [2.24, 2.45) is 0 Å². The van der Waals surface area contributed by atoms with Crippen molar-refractivity contribution in [3.8, 4) is 0 Å². The van der Waals surface area contributed by atoms with E-state index in [1.807, 2.05) is 6.92 Å². The van der Waals surface area contributed by atoms with Crippen molar-refractivity contribution in [1.82, 2.24) is 26.1 Å². The molecular weight excluding hydrogens is 346 g/mol. The van der Waals surface area contributed by atoms with E-state index in [1.54, 1.807) is 31.2 Å². The fourth-order valence-electron chi connectivity index (χ4n) is 1.99. The highest BCUT2D eigenvalue weighted by atomic mass is 35.5. The maximum atomic E-state index is 12.0. The molecule has 3 N–H and O–H groups in total. The van der Waals surface area contributed by atoms with Gasteiger partial charge in [0.15, 0.2) is 5.82 Å².